The molecule has 0 aliphatic rings. The van der Waals surface area contributed by atoms with E-state index >= 15 is 0 Å². The summed E-state index contributed by atoms with van der Waals surface area (Å²) in [6.07, 6.45) is 3.21. The normalized spacial score (nSPS) is 10.1. The van der Waals surface area contributed by atoms with Crippen LogP contribution < -0.4 is 5.32 Å². The van der Waals surface area contributed by atoms with Crippen molar-refractivity contribution >= 4 is 5.91 Å². The highest BCUT2D eigenvalue weighted by Gasteiger charge is 2.08. The molecule has 1 N–H and O–H groups in total. The number of hydrogen-bond acceptors (Lipinski definition) is 3. The minimum absolute atomic E-state index is 0.168. The molecule has 0 aromatic carbocycles. The molecule has 4 nitrogen and oxygen atoms in total. The molecule has 0 saturated heterocycles. The molecule has 1 amide bonds. The van der Waals surface area contributed by atoms with E-state index in [2.05, 4.69) is 10.3 Å². The van der Waals surface area contributed by atoms with Crippen LogP contribution in [0.3, 0.4) is 0 Å². The van der Waals surface area contributed by atoms with Gasteiger partial charge in [-0.3, -0.25) is 9.78 Å². The Labute approximate surface area is 96.7 Å². The fourth-order valence-corrected chi connectivity index (χ4v) is 1.43. The Morgan fingerprint density at radius 3 is 2.94 bits per heavy atom. The maximum absolute atomic E-state index is 11.7. The van der Waals surface area contributed by atoms with Gasteiger partial charge in [-0.1, -0.05) is 6.07 Å². The van der Waals surface area contributed by atoms with Gasteiger partial charge in [-0.25, -0.2) is 0 Å². The van der Waals surface area contributed by atoms with Crippen LogP contribution in [0.5, 0.6) is 0 Å². The van der Waals surface area contributed by atoms with E-state index in [-0.39, 0.29) is 5.91 Å². The fourth-order valence-electron chi connectivity index (χ4n) is 1.43. The van der Waals surface area contributed by atoms with Crippen molar-refractivity contribution in [2.24, 2.45) is 0 Å². The second-order valence-electron chi connectivity index (χ2n) is 3.78. The number of aromatic nitrogens is 1. The van der Waals surface area contributed by atoms with Gasteiger partial charge in [0.1, 0.15) is 0 Å². The first-order chi connectivity index (χ1) is 7.74. The summed E-state index contributed by atoms with van der Waals surface area (Å²) in [6.45, 7) is 1.46. The van der Waals surface area contributed by atoms with Gasteiger partial charge in [-0.2, -0.15) is 0 Å². The van der Waals surface area contributed by atoms with Gasteiger partial charge < -0.3 is 10.2 Å². The molecule has 1 aromatic rings. The molecule has 0 bridgehead atoms. The Bertz CT molecular complexity index is 313. The molecule has 4 heteroatoms. The van der Waals surface area contributed by atoms with Crippen molar-refractivity contribution < 1.29 is 4.79 Å². The first kappa shape index (κ1) is 12.6. The van der Waals surface area contributed by atoms with Gasteiger partial charge in [0.2, 0.25) is 5.91 Å². The fraction of sp³-hybridized carbons (Fsp3) is 0.500. The Balaban J connectivity index is 2.34. The molecule has 0 aliphatic heterocycles. The first-order valence-corrected chi connectivity index (χ1v) is 5.52. The quantitative estimate of drug-likeness (QED) is 0.730. The van der Waals surface area contributed by atoms with Crippen molar-refractivity contribution in [1.82, 2.24) is 15.2 Å². The molecule has 0 spiro atoms. The summed E-state index contributed by atoms with van der Waals surface area (Å²) in [4.78, 5) is 17.6. The van der Waals surface area contributed by atoms with Crippen molar-refractivity contribution in [2.45, 2.75) is 19.4 Å². The van der Waals surface area contributed by atoms with E-state index in [1.807, 2.05) is 32.3 Å². The number of rotatable bonds is 6. The van der Waals surface area contributed by atoms with Crippen LogP contribution in [0.4, 0.5) is 0 Å². The average Bonchev–Trinajstić information content (AvgIpc) is 2.30. The number of carbonyl (C=O) groups excluding carboxylic acids is 1. The lowest BCUT2D eigenvalue weighted by molar-refractivity contribution is -0.130. The number of amides is 1. The molecule has 0 aliphatic carbocycles. The van der Waals surface area contributed by atoms with Crippen molar-refractivity contribution in [3.8, 4) is 0 Å². The van der Waals surface area contributed by atoms with Crippen LogP contribution in [-0.2, 0) is 11.3 Å². The molecular weight excluding hydrogens is 202 g/mol. The van der Waals surface area contributed by atoms with Gasteiger partial charge in [0, 0.05) is 19.7 Å². The maximum atomic E-state index is 11.7. The number of hydrogen-bond donors (Lipinski definition) is 1. The summed E-state index contributed by atoms with van der Waals surface area (Å²) in [7, 11) is 3.71. The van der Waals surface area contributed by atoms with Crippen LogP contribution in [-0.4, -0.2) is 36.4 Å². The van der Waals surface area contributed by atoms with Crippen LogP contribution in [0, 0.1) is 0 Å². The van der Waals surface area contributed by atoms with Crippen molar-refractivity contribution in [3.63, 3.8) is 0 Å². The summed E-state index contributed by atoms with van der Waals surface area (Å²) in [5.41, 5.74) is 0.923. The Morgan fingerprint density at radius 2 is 2.31 bits per heavy atom. The van der Waals surface area contributed by atoms with Gasteiger partial charge >= 0.3 is 0 Å². The molecule has 1 aromatic heterocycles. The monoisotopic (exact) mass is 221 g/mol. The van der Waals surface area contributed by atoms with Gasteiger partial charge in [0.05, 0.1) is 12.2 Å². The van der Waals surface area contributed by atoms with Gasteiger partial charge in [0.25, 0.3) is 0 Å². The van der Waals surface area contributed by atoms with Crippen molar-refractivity contribution in [3.05, 3.63) is 30.1 Å². The number of pyridine rings is 1. The number of carbonyl (C=O) groups is 1. The molecule has 0 fully saturated rings. The molecule has 16 heavy (non-hydrogen) atoms. The largest absolute Gasteiger partial charge is 0.340 e. The SMILES string of the molecule is CNCCCC(=O)N(C)Cc1ccccn1. The van der Waals surface area contributed by atoms with Gasteiger partial charge in [-0.05, 0) is 32.1 Å². The smallest absolute Gasteiger partial charge is 0.222 e. The predicted octanol–water partition coefficient (Wildman–Crippen LogP) is 1.04. The molecule has 0 unspecified atom stereocenters. The van der Waals surface area contributed by atoms with Crippen LogP contribution in [0.15, 0.2) is 24.4 Å². The Kier molecular flexibility index (Phi) is 5.50. The van der Waals surface area contributed by atoms with Gasteiger partial charge in [-0.15, -0.1) is 0 Å². The third-order valence-corrected chi connectivity index (χ3v) is 2.37. The van der Waals surface area contributed by atoms with E-state index in [9.17, 15) is 4.79 Å². The predicted molar refractivity (Wildman–Crippen MR) is 63.9 cm³/mol. The van der Waals surface area contributed by atoms with Crippen molar-refractivity contribution in [2.75, 3.05) is 20.6 Å². The Morgan fingerprint density at radius 1 is 1.50 bits per heavy atom. The van der Waals surface area contributed by atoms with E-state index in [4.69, 9.17) is 0 Å². The lowest BCUT2D eigenvalue weighted by Gasteiger charge is -2.16. The lowest BCUT2D eigenvalue weighted by atomic mass is 10.2. The summed E-state index contributed by atoms with van der Waals surface area (Å²) in [6, 6.07) is 5.73. The average molecular weight is 221 g/mol. The topological polar surface area (TPSA) is 45.2 Å². The minimum atomic E-state index is 0.168. The highest BCUT2D eigenvalue weighted by molar-refractivity contribution is 5.75. The number of nitrogens with one attached hydrogen (secondary N) is 1. The van der Waals surface area contributed by atoms with Crippen molar-refractivity contribution in [1.29, 1.82) is 0 Å². The summed E-state index contributed by atoms with van der Waals surface area (Å²) >= 11 is 0. The molecule has 0 atom stereocenters. The third-order valence-electron chi connectivity index (χ3n) is 2.37. The maximum Gasteiger partial charge on any atom is 0.222 e. The zero-order valence-corrected chi connectivity index (χ0v) is 9.94. The molecule has 88 valence electrons. The second-order valence-corrected chi connectivity index (χ2v) is 3.78. The summed E-state index contributed by atoms with van der Waals surface area (Å²) < 4.78 is 0. The van der Waals surface area contributed by atoms with E-state index in [1.54, 1.807) is 11.1 Å². The van der Waals surface area contributed by atoms with E-state index in [0.29, 0.717) is 13.0 Å². The molecule has 0 radical (unpaired) electrons. The molecular formula is C12H19N3O. The molecule has 1 heterocycles. The Hall–Kier alpha value is -1.42. The lowest BCUT2D eigenvalue weighted by Crippen LogP contribution is -2.27. The van der Waals surface area contributed by atoms with E-state index in [0.717, 1.165) is 18.7 Å². The minimum Gasteiger partial charge on any atom is -0.340 e. The highest BCUT2D eigenvalue weighted by Crippen LogP contribution is 2.01. The standard InChI is InChI=1S/C12H19N3O/c1-13-8-5-7-12(16)15(2)10-11-6-3-4-9-14-11/h3-4,6,9,13H,5,7-8,10H2,1-2H3. The highest BCUT2D eigenvalue weighted by atomic mass is 16.2. The molecule has 0 saturated carbocycles. The summed E-state index contributed by atoms with van der Waals surface area (Å²) in [5.74, 6) is 0.168. The van der Waals surface area contributed by atoms with Crippen LogP contribution in [0.2, 0.25) is 0 Å². The van der Waals surface area contributed by atoms with Gasteiger partial charge in [0.15, 0.2) is 0 Å². The molecule has 1 rings (SSSR count). The van der Waals surface area contributed by atoms with Crippen LogP contribution >= 0.6 is 0 Å². The summed E-state index contributed by atoms with van der Waals surface area (Å²) in [5, 5.41) is 3.03. The van der Waals surface area contributed by atoms with E-state index in [1.165, 1.54) is 0 Å². The van der Waals surface area contributed by atoms with Crippen LogP contribution in [0.25, 0.3) is 0 Å². The zero-order chi connectivity index (χ0) is 11.8. The zero-order valence-electron chi connectivity index (χ0n) is 9.94. The third kappa shape index (κ3) is 4.40. The number of nitrogens with zero attached hydrogens (tertiary/aromatic N) is 2. The van der Waals surface area contributed by atoms with Crippen LogP contribution in [0.1, 0.15) is 18.5 Å². The first-order valence-electron chi connectivity index (χ1n) is 5.52. The second kappa shape index (κ2) is 6.95. The van der Waals surface area contributed by atoms with E-state index < -0.39 is 0 Å².